The van der Waals surface area contributed by atoms with E-state index in [2.05, 4.69) is 10.6 Å². The molecule has 1 aromatic carbocycles. The van der Waals surface area contributed by atoms with Crippen molar-refractivity contribution in [2.24, 2.45) is 0 Å². The van der Waals surface area contributed by atoms with Crippen molar-refractivity contribution in [2.75, 3.05) is 37.2 Å². The van der Waals surface area contributed by atoms with Crippen LogP contribution in [0.5, 0.6) is 0 Å². The summed E-state index contributed by atoms with van der Waals surface area (Å²) in [6.07, 6.45) is 0. The van der Waals surface area contributed by atoms with Crippen molar-refractivity contribution >= 4 is 17.4 Å². The molecule has 1 fully saturated rings. The van der Waals surface area contributed by atoms with Crippen molar-refractivity contribution in [1.29, 1.82) is 0 Å². The number of nitrogens with zero attached hydrogens (tertiary/aromatic N) is 1. The van der Waals surface area contributed by atoms with Gasteiger partial charge in [-0.3, -0.25) is 0 Å². The van der Waals surface area contributed by atoms with E-state index in [0.717, 1.165) is 31.9 Å². The normalized spacial score (nSPS) is 15.9. The van der Waals surface area contributed by atoms with Gasteiger partial charge in [-0.25, -0.2) is 4.79 Å². The van der Waals surface area contributed by atoms with Crippen LogP contribution in [0.4, 0.5) is 16.2 Å². The van der Waals surface area contributed by atoms with E-state index in [-0.39, 0.29) is 6.03 Å². The van der Waals surface area contributed by atoms with Gasteiger partial charge in [-0.1, -0.05) is 6.07 Å². The highest BCUT2D eigenvalue weighted by molar-refractivity contribution is 5.89. The number of carbonyl (C=O) groups is 1. The fourth-order valence-corrected chi connectivity index (χ4v) is 1.69. The summed E-state index contributed by atoms with van der Waals surface area (Å²) < 4.78 is 0. The molecule has 5 heteroatoms. The Hall–Kier alpha value is -1.75. The van der Waals surface area contributed by atoms with E-state index in [1.165, 1.54) is 0 Å². The number of piperazine rings is 1. The molecule has 0 aromatic heterocycles. The maximum absolute atomic E-state index is 11.8. The van der Waals surface area contributed by atoms with Crippen LogP contribution < -0.4 is 16.4 Å². The molecule has 0 atom stereocenters. The van der Waals surface area contributed by atoms with Gasteiger partial charge in [-0.15, -0.1) is 0 Å². The number of nitrogens with one attached hydrogen (secondary N) is 2. The SMILES string of the molecule is Nc1cccc(NC(=O)N2CCNCC2)c1. The molecule has 2 amide bonds. The number of hydrogen-bond acceptors (Lipinski definition) is 3. The number of hydrogen-bond donors (Lipinski definition) is 3. The van der Waals surface area contributed by atoms with Crippen LogP contribution in [0.1, 0.15) is 0 Å². The highest BCUT2D eigenvalue weighted by Crippen LogP contribution is 2.12. The van der Waals surface area contributed by atoms with E-state index in [1.807, 2.05) is 12.1 Å². The molecular formula is C11H16N4O. The zero-order chi connectivity index (χ0) is 11.4. The van der Waals surface area contributed by atoms with Crippen LogP contribution in [0.3, 0.4) is 0 Å². The predicted molar refractivity (Wildman–Crippen MR) is 64.3 cm³/mol. The first-order valence-corrected chi connectivity index (χ1v) is 5.38. The van der Waals surface area contributed by atoms with Gasteiger partial charge < -0.3 is 21.3 Å². The van der Waals surface area contributed by atoms with Crippen molar-refractivity contribution in [3.8, 4) is 0 Å². The van der Waals surface area contributed by atoms with Gasteiger partial charge in [0.1, 0.15) is 0 Å². The lowest BCUT2D eigenvalue weighted by Gasteiger charge is -2.27. The Bertz CT molecular complexity index is 374. The van der Waals surface area contributed by atoms with Gasteiger partial charge in [-0.05, 0) is 18.2 Å². The number of amides is 2. The second kappa shape index (κ2) is 4.85. The van der Waals surface area contributed by atoms with E-state index in [0.29, 0.717) is 5.69 Å². The van der Waals surface area contributed by atoms with Crippen molar-refractivity contribution in [1.82, 2.24) is 10.2 Å². The number of nitrogens with two attached hydrogens (primary N) is 1. The van der Waals surface area contributed by atoms with Crippen molar-refractivity contribution in [2.45, 2.75) is 0 Å². The van der Waals surface area contributed by atoms with Crippen LogP contribution in [-0.4, -0.2) is 37.1 Å². The summed E-state index contributed by atoms with van der Waals surface area (Å²) in [6, 6.07) is 7.13. The van der Waals surface area contributed by atoms with Crippen LogP contribution in [0.2, 0.25) is 0 Å². The first-order chi connectivity index (χ1) is 7.75. The molecule has 0 saturated carbocycles. The van der Waals surface area contributed by atoms with Crippen LogP contribution in [0.25, 0.3) is 0 Å². The van der Waals surface area contributed by atoms with E-state index >= 15 is 0 Å². The lowest BCUT2D eigenvalue weighted by molar-refractivity contribution is 0.204. The average molecular weight is 220 g/mol. The number of rotatable bonds is 1. The molecule has 1 heterocycles. The number of anilines is 2. The fourth-order valence-electron chi connectivity index (χ4n) is 1.69. The minimum absolute atomic E-state index is 0.0629. The van der Waals surface area contributed by atoms with E-state index < -0.39 is 0 Å². The first-order valence-electron chi connectivity index (χ1n) is 5.38. The van der Waals surface area contributed by atoms with Crippen LogP contribution >= 0.6 is 0 Å². The number of benzene rings is 1. The molecule has 1 aliphatic heterocycles. The summed E-state index contributed by atoms with van der Waals surface area (Å²) in [5.41, 5.74) is 7.03. The molecule has 0 bridgehead atoms. The third kappa shape index (κ3) is 2.64. The largest absolute Gasteiger partial charge is 0.399 e. The molecule has 4 N–H and O–H groups in total. The van der Waals surface area contributed by atoms with Gasteiger partial charge >= 0.3 is 6.03 Å². The molecule has 86 valence electrons. The summed E-state index contributed by atoms with van der Waals surface area (Å²) >= 11 is 0. The van der Waals surface area contributed by atoms with E-state index in [4.69, 9.17) is 5.73 Å². The predicted octanol–water partition coefficient (Wildman–Crippen LogP) is 0.706. The molecule has 1 aliphatic rings. The Kier molecular flexibility index (Phi) is 3.26. The molecule has 0 spiro atoms. The van der Waals surface area contributed by atoms with Gasteiger partial charge in [0, 0.05) is 37.6 Å². The minimum atomic E-state index is -0.0629. The first kappa shape index (κ1) is 10.8. The summed E-state index contributed by atoms with van der Waals surface area (Å²) in [6.45, 7) is 3.19. The number of nitrogen functional groups attached to an aromatic ring is 1. The Balaban J connectivity index is 1.96. The maximum Gasteiger partial charge on any atom is 0.321 e. The smallest absolute Gasteiger partial charge is 0.321 e. The summed E-state index contributed by atoms with van der Waals surface area (Å²) in [5.74, 6) is 0. The Morgan fingerprint density at radius 1 is 1.38 bits per heavy atom. The van der Waals surface area contributed by atoms with Gasteiger partial charge in [0.2, 0.25) is 0 Å². The number of urea groups is 1. The fraction of sp³-hybridized carbons (Fsp3) is 0.364. The second-order valence-corrected chi connectivity index (χ2v) is 3.79. The molecule has 0 radical (unpaired) electrons. The van der Waals surface area contributed by atoms with Gasteiger partial charge in [0.15, 0.2) is 0 Å². The van der Waals surface area contributed by atoms with E-state index in [1.54, 1.807) is 17.0 Å². The van der Waals surface area contributed by atoms with Gasteiger partial charge in [-0.2, -0.15) is 0 Å². The maximum atomic E-state index is 11.8. The Morgan fingerprint density at radius 2 is 2.12 bits per heavy atom. The zero-order valence-electron chi connectivity index (χ0n) is 9.07. The van der Waals surface area contributed by atoms with Crippen molar-refractivity contribution in [3.05, 3.63) is 24.3 Å². The van der Waals surface area contributed by atoms with Crippen molar-refractivity contribution in [3.63, 3.8) is 0 Å². The van der Waals surface area contributed by atoms with Crippen molar-refractivity contribution < 1.29 is 4.79 Å². The van der Waals surface area contributed by atoms with Gasteiger partial charge in [0.05, 0.1) is 0 Å². The van der Waals surface area contributed by atoms with Crippen LogP contribution in [0.15, 0.2) is 24.3 Å². The van der Waals surface area contributed by atoms with Crippen LogP contribution in [-0.2, 0) is 0 Å². The molecular weight excluding hydrogens is 204 g/mol. The lowest BCUT2D eigenvalue weighted by atomic mass is 10.3. The molecule has 1 saturated heterocycles. The third-order valence-corrected chi connectivity index (χ3v) is 2.54. The quantitative estimate of drug-likeness (QED) is 0.610. The molecule has 1 aromatic rings. The molecule has 5 nitrogen and oxygen atoms in total. The zero-order valence-corrected chi connectivity index (χ0v) is 9.07. The molecule has 0 aliphatic carbocycles. The van der Waals surface area contributed by atoms with Gasteiger partial charge in [0.25, 0.3) is 0 Å². The molecule has 2 rings (SSSR count). The summed E-state index contributed by atoms with van der Waals surface area (Å²) in [7, 11) is 0. The standard InChI is InChI=1S/C11H16N4O/c12-9-2-1-3-10(8-9)14-11(16)15-6-4-13-5-7-15/h1-3,8,13H,4-7,12H2,(H,14,16). The second-order valence-electron chi connectivity index (χ2n) is 3.79. The summed E-state index contributed by atoms with van der Waals surface area (Å²) in [4.78, 5) is 13.6. The Morgan fingerprint density at radius 3 is 2.81 bits per heavy atom. The monoisotopic (exact) mass is 220 g/mol. The third-order valence-electron chi connectivity index (χ3n) is 2.54. The highest BCUT2D eigenvalue weighted by Gasteiger charge is 2.15. The summed E-state index contributed by atoms with van der Waals surface area (Å²) in [5, 5.41) is 6.03. The number of carbonyl (C=O) groups excluding carboxylic acids is 1. The molecule has 16 heavy (non-hydrogen) atoms. The Labute approximate surface area is 94.6 Å². The highest BCUT2D eigenvalue weighted by atomic mass is 16.2. The lowest BCUT2D eigenvalue weighted by Crippen LogP contribution is -2.48. The topological polar surface area (TPSA) is 70.4 Å². The average Bonchev–Trinajstić information content (AvgIpc) is 2.30. The molecule has 0 unspecified atom stereocenters. The van der Waals surface area contributed by atoms with Crippen LogP contribution in [0, 0.1) is 0 Å². The van der Waals surface area contributed by atoms with E-state index in [9.17, 15) is 4.79 Å². The minimum Gasteiger partial charge on any atom is -0.399 e.